The molecule has 1 aromatic carbocycles. The molecule has 2 rings (SSSR count). The van der Waals surface area contributed by atoms with Gasteiger partial charge in [0, 0.05) is 5.38 Å². The Labute approximate surface area is 119 Å². The molecule has 19 heavy (non-hydrogen) atoms. The van der Waals surface area contributed by atoms with Gasteiger partial charge in [0.15, 0.2) is 0 Å². The van der Waals surface area contributed by atoms with E-state index in [1.807, 2.05) is 0 Å². The van der Waals surface area contributed by atoms with Crippen molar-refractivity contribution in [2.45, 2.75) is 39.7 Å². The Morgan fingerprint density at radius 3 is 2.68 bits per heavy atom. The lowest BCUT2D eigenvalue weighted by Gasteiger charge is -2.18. The molecule has 0 aliphatic heterocycles. The van der Waals surface area contributed by atoms with Crippen LogP contribution in [0.4, 0.5) is 0 Å². The molecule has 0 aliphatic rings. The van der Waals surface area contributed by atoms with Gasteiger partial charge in [-0.2, -0.15) is 0 Å². The van der Waals surface area contributed by atoms with E-state index in [9.17, 15) is 0 Å². The number of thiazole rings is 1. The number of aryl methyl sites for hydroxylation is 2. The molecule has 1 atom stereocenters. The quantitative estimate of drug-likeness (QED) is 0.860. The Kier molecular flexibility index (Phi) is 5.11. The Hall–Kier alpha value is -1.19. The van der Waals surface area contributed by atoms with Gasteiger partial charge in [0.2, 0.25) is 0 Å². The number of nitrogens with one attached hydrogen (secondary N) is 1. The zero-order chi connectivity index (χ0) is 13.7. The summed E-state index contributed by atoms with van der Waals surface area (Å²) in [6.45, 7) is 7.48. The van der Waals surface area contributed by atoms with Gasteiger partial charge in [-0.05, 0) is 44.4 Å². The summed E-state index contributed by atoms with van der Waals surface area (Å²) in [5, 5.41) is 6.94. The van der Waals surface area contributed by atoms with Crippen molar-refractivity contribution in [2.24, 2.45) is 0 Å². The summed E-state index contributed by atoms with van der Waals surface area (Å²) in [5.41, 5.74) is 3.94. The first-order valence-electron chi connectivity index (χ1n) is 6.90. The number of nitrogens with zero attached hydrogens (tertiary/aromatic N) is 1. The summed E-state index contributed by atoms with van der Waals surface area (Å²) in [7, 11) is 0. The number of benzene rings is 1. The maximum atomic E-state index is 4.65. The van der Waals surface area contributed by atoms with Crippen molar-refractivity contribution in [1.29, 1.82) is 0 Å². The fraction of sp³-hybridized carbons (Fsp3) is 0.438. The van der Waals surface area contributed by atoms with E-state index in [1.54, 1.807) is 11.3 Å². The molecule has 0 aliphatic carbocycles. The molecule has 0 fully saturated rings. The van der Waals surface area contributed by atoms with Crippen LogP contribution in [0.1, 0.15) is 41.2 Å². The van der Waals surface area contributed by atoms with E-state index in [1.165, 1.54) is 16.8 Å². The van der Waals surface area contributed by atoms with E-state index in [4.69, 9.17) is 0 Å². The second kappa shape index (κ2) is 6.83. The van der Waals surface area contributed by atoms with Crippen LogP contribution in [0, 0.1) is 13.8 Å². The molecule has 0 bridgehead atoms. The van der Waals surface area contributed by atoms with Gasteiger partial charge in [-0.1, -0.05) is 31.2 Å². The maximum absolute atomic E-state index is 4.65. The van der Waals surface area contributed by atoms with E-state index in [-0.39, 0.29) is 0 Å². The lowest BCUT2D eigenvalue weighted by Crippen LogP contribution is -2.24. The minimum Gasteiger partial charge on any atom is -0.308 e. The van der Waals surface area contributed by atoms with E-state index >= 15 is 0 Å². The second-order valence-electron chi connectivity index (χ2n) is 4.93. The minimum atomic E-state index is 0.325. The van der Waals surface area contributed by atoms with Gasteiger partial charge in [-0.15, -0.1) is 11.3 Å². The van der Waals surface area contributed by atoms with Crippen molar-refractivity contribution in [2.75, 3.05) is 6.54 Å². The van der Waals surface area contributed by atoms with E-state index in [0.717, 1.165) is 24.4 Å². The first-order chi connectivity index (χ1) is 9.20. The highest BCUT2D eigenvalue weighted by atomic mass is 32.1. The van der Waals surface area contributed by atoms with Gasteiger partial charge < -0.3 is 5.32 Å². The third kappa shape index (κ3) is 3.88. The van der Waals surface area contributed by atoms with Gasteiger partial charge in [-0.25, -0.2) is 4.98 Å². The summed E-state index contributed by atoms with van der Waals surface area (Å²) >= 11 is 1.73. The maximum Gasteiger partial charge on any atom is 0.0898 e. The molecule has 1 unspecified atom stereocenters. The van der Waals surface area contributed by atoms with Gasteiger partial charge in [0.05, 0.1) is 16.7 Å². The van der Waals surface area contributed by atoms with Gasteiger partial charge >= 0.3 is 0 Å². The van der Waals surface area contributed by atoms with Crippen LogP contribution in [0.2, 0.25) is 0 Å². The number of hydrogen-bond donors (Lipinski definition) is 1. The van der Waals surface area contributed by atoms with Gasteiger partial charge in [0.1, 0.15) is 0 Å². The molecule has 0 spiro atoms. The Morgan fingerprint density at radius 1 is 1.26 bits per heavy atom. The Bertz CT molecular complexity index is 519. The molecule has 0 saturated heterocycles. The summed E-state index contributed by atoms with van der Waals surface area (Å²) in [4.78, 5) is 4.65. The molecular weight excluding hydrogens is 252 g/mol. The van der Waals surface area contributed by atoms with Crippen LogP contribution in [0.3, 0.4) is 0 Å². The van der Waals surface area contributed by atoms with Crippen molar-refractivity contribution >= 4 is 11.3 Å². The van der Waals surface area contributed by atoms with E-state index in [2.05, 4.69) is 60.7 Å². The van der Waals surface area contributed by atoms with E-state index in [0.29, 0.717) is 6.04 Å². The van der Waals surface area contributed by atoms with E-state index < -0.39 is 0 Å². The molecule has 1 N–H and O–H groups in total. The average molecular weight is 274 g/mol. The highest BCUT2D eigenvalue weighted by molar-refractivity contribution is 7.09. The molecule has 0 radical (unpaired) electrons. The topological polar surface area (TPSA) is 24.9 Å². The minimum absolute atomic E-state index is 0.325. The number of rotatable bonds is 6. The Morgan fingerprint density at radius 2 is 2.05 bits per heavy atom. The van der Waals surface area contributed by atoms with Crippen molar-refractivity contribution in [3.63, 3.8) is 0 Å². The summed E-state index contributed by atoms with van der Waals surface area (Å²) in [6, 6.07) is 8.94. The third-order valence-electron chi connectivity index (χ3n) is 3.32. The molecule has 1 heterocycles. The second-order valence-corrected chi connectivity index (χ2v) is 5.99. The standard InChI is InChI=1S/C16H22N2S/c1-4-9-17-15(16-11-19-13(3)18-16)10-14-8-6-5-7-12(14)2/h5-8,11,15,17H,4,9-10H2,1-3H3. The zero-order valence-electron chi connectivity index (χ0n) is 11.9. The fourth-order valence-electron chi connectivity index (χ4n) is 2.20. The van der Waals surface area contributed by atoms with Crippen LogP contribution < -0.4 is 5.32 Å². The predicted molar refractivity (Wildman–Crippen MR) is 82.8 cm³/mol. The molecular formula is C16H22N2S. The van der Waals surface area contributed by atoms with Gasteiger partial charge in [-0.3, -0.25) is 0 Å². The van der Waals surface area contributed by atoms with Crippen LogP contribution >= 0.6 is 11.3 Å². The molecule has 1 aromatic heterocycles. The lowest BCUT2D eigenvalue weighted by atomic mass is 9.99. The van der Waals surface area contributed by atoms with Crippen LogP contribution in [0.25, 0.3) is 0 Å². The van der Waals surface area contributed by atoms with Crippen LogP contribution in [-0.4, -0.2) is 11.5 Å². The summed E-state index contributed by atoms with van der Waals surface area (Å²) < 4.78 is 0. The van der Waals surface area contributed by atoms with Crippen LogP contribution in [0.15, 0.2) is 29.6 Å². The first-order valence-corrected chi connectivity index (χ1v) is 7.78. The zero-order valence-corrected chi connectivity index (χ0v) is 12.8. The largest absolute Gasteiger partial charge is 0.308 e. The third-order valence-corrected chi connectivity index (χ3v) is 4.11. The monoisotopic (exact) mass is 274 g/mol. The first kappa shape index (κ1) is 14.2. The lowest BCUT2D eigenvalue weighted by molar-refractivity contribution is 0.518. The molecule has 0 amide bonds. The average Bonchev–Trinajstić information content (AvgIpc) is 2.83. The number of hydrogen-bond acceptors (Lipinski definition) is 3. The highest BCUT2D eigenvalue weighted by Crippen LogP contribution is 2.22. The number of aromatic nitrogens is 1. The predicted octanol–water partition coefficient (Wildman–Crippen LogP) is 4.04. The molecule has 2 aromatic rings. The summed E-state index contributed by atoms with van der Waals surface area (Å²) in [5.74, 6) is 0. The smallest absolute Gasteiger partial charge is 0.0898 e. The van der Waals surface area contributed by atoms with Crippen molar-refractivity contribution in [1.82, 2.24) is 10.3 Å². The molecule has 102 valence electrons. The van der Waals surface area contributed by atoms with Crippen LogP contribution in [0.5, 0.6) is 0 Å². The summed E-state index contributed by atoms with van der Waals surface area (Å²) in [6.07, 6.45) is 2.16. The fourth-order valence-corrected chi connectivity index (χ4v) is 2.87. The Balaban J connectivity index is 2.16. The molecule has 3 heteroatoms. The molecule has 2 nitrogen and oxygen atoms in total. The van der Waals surface area contributed by atoms with Crippen LogP contribution in [-0.2, 0) is 6.42 Å². The van der Waals surface area contributed by atoms with Gasteiger partial charge in [0.25, 0.3) is 0 Å². The SMILES string of the molecule is CCCNC(Cc1ccccc1C)c1csc(C)n1. The molecule has 0 saturated carbocycles. The van der Waals surface area contributed by atoms with Crippen molar-refractivity contribution < 1.29 is 0 Å². The van der Waals surface area contributed by atoms with Crippen molar-refractivity contribution in [3.8, 4) is 0 Å². The highest BCUT2D eigenvalue weighted by Gasteiger charge is 2.15. The van der Waals surface area contributed by atoms with Crippen molar-refractivity contribution in [3.05, 3.63) is 51.5 Å². The normalized spacial score (nSPS) is 12.6.